The Morgan fingerprint density at radius 2 is 1.88 bits per heavy atom. The summed E-state index contributed by atoms with van der Waals surface area (Å²) in [4.78, 5) is 40.8. The topological polar surface area (TPSA) is 147 Å². The Kier molecular flexibility index (Phi) is 4.93. The van der Waals surface area contributed by atoms with Crippen molar-refractivity contribution < 1.29 is 34.8 Å². The van der Waals surface area contributed by atoms with E-state index in [-0.39, 0.29) is 23.3 Å². The molecule has 180 valence electrons. The molecule has 0 bridgehead atoms. The molecule has 0 amide bonds. The van der Waals surface area contributed by atoms with E-state index in [0.717, 1.165) is 25.3 Å². The first-order valence-corrected chi connectivity index (χ1v) is 11.5. The highest BCUT2D eigenvalue weighted by Crippen LogP contribution is 2.53. The number of nitrogens with one attached hydrogen (secondary N) is 1. The number of nitrogens with zero attached hydrogens (tertiary/aromatic N) is 1. The zero-order valence-electron chi connectivity index (χ0n) is 19.3. The van der Waals surface area contributed by atoms with Crippen LogP contribution in [0.2, 0.25) is 0 Å². The van der Waals surface area contributed by atoms with Gasteiger partial charge in [-0.25, -0.2) is 0 Å². The number of aliphatic hydroxyl groups is 3. The molecule has 4 aliphatic rings. The predicted molar refractivity (Wildman–Crippen MR) is 122 cm³/mol. The number of benzene rings is 1. The molecule has 0 spiro atoms. The monoisotopic (exact) mass is 468 g/mol. The van der Waals surface area contributed by atoms with Gasteiger partial charge in [0.05, 0.1) is 17.3 Å². The molecule has 1 aromatic carbocycles. The van der Waals surface area contributed by atoms with Crippen LogP contribution in [0.25, 0.3) is 0 Å². The average Bonchev–Trinajstić information content (AvgIpc) is 2.76. The molecule has 1 heterocycles. The molecule has 0 aromatic heterocycles. The van der Waals surface area contributed by atoms with Crippen LogP contribution in [0.3, 0.4) is 0 Å². The summed E-state index contributed by atoms with van der Waals surface area (Å²) < 4.78 is 0. The van der Waals surface area contributed by atoms with E-state index in [1.165, 1.54) is 0 Å². The molecule has 0 fully saturated rings. The molecule has 0 saturated heterocycles. The van der Waals surface area contributed by atoms with Crippen molar-refractivity contribution in [2.24, 2.45) is 11.8 Å². The summed E-state index contributed by atoms with van der Waals surface area (Å²) in [6.07, 6.45) is 2.12. The van der Waals surface area contributed by atoms with Gasteiger partial charge in [0.2, 0.25) is 5.78 Å². The Morgan fingerprint density at radius 3 is 2.53 bits per heavy atom. The molecule has 5 rings (SSSR count). The normalized spacial score (nSPS) is 30.4. The summed E-state index contributed by atoms with van der Waals surface area (Å²) in [5.41, 5.74) is -1.10. The molecule has 3 aliphatic carbocycles. The number of rotatable bonds is 2. The van der Waals surface area contributed by atoms with Crippen LogP contribution in [0, 0.1) is 11.8 Å². The molecule has 9 nitrogen and oxygen atoms in total. The van der Waals surface area contributed by atoms with Crippen LogP contribution in [-0.2, 0) is 22.4 Å². The number of hydrogen-bond acceptors (Lipinski definition) is 9. The Hall–Kier alpha value is -3.17. The zero-order valence-corrected chi connectivity index (χ0v) is 19.3. The smallest absolute Gasteiger partial charge is 0.209 e. The number of likely N-dealkylation sites (N-methyl/N-ethyl adjacent to an activating group) is 1. The van der Waals surface area contributed by atoms with Crippen LogP contribution in [0.4, 0.5) is 5.69 Å². The Bertz CT molecular complexity index is 1230. The molecule has 0 radical (unpaired) electrons. The number of Topliss-reactive ketones (excluding diaryl/α,β-unsaturated/α-hetero) is 3. The molecule has 9 heteroatoms. The van der Waals surface area contributed by atoms with E-state index in [9.17, 15) is 34.8 Å². The Morgan fingerprint density at radius 1 is 1.18 bits per heavy atom. The molecule has 0 saturated carbocycles. The van der Waals surface area contributed by atoms with Gasteiger partial charge in [0.1, 0.15) is 22.8 Å². The SMILES string of the molecule is CC(=O)C1=C(O)[C@@H](N(C)C)[C@@H]2C[C@@H]3Cc4cc5c(c(O)c4C(=O)C3=C(O)[C@]2(O)C1=O)NCCC5. The third kappa shape index (κ3) is 2.77. The van der Waals surface area contributed by atoms with Gasteiger partial charge in [-0.05, 0) is 63.7 Å². The molecule has 34 heavy (non-hydrogen) atoms. The number of anilines is 1. The van der Waals surface area contributed by atoms with Gasteiger partial charge >= 0.3 is 0 Å². The van der Waals surface area contributed by atoms with Crippen molar-refractivity contribution in [1.82, 2.24) is 4.90 Å². The fourth-order valence-electron chi connectivity index (χ4n) is 6.36. The first kappa shape index (κ1) is 22.6. The first-order valence-electron chi connectivity index (χ1n) is 11.5. The van der Waals surface area contributed by atoms with E-state index in [2.05, 4.69) is 5.32 Å². The Balaban J connectivity index is 1.71. The third-order valence-electron chi connectivity index (χ3n) is 7.83. The van der Waals surface area contributed by atoms with E-state index in [0.29, 0.717) is 24.2 Å². The standard InChI is InChI=1S/C25H28N2O7/c1-10(28)15-22(31)19(27(2)3)14-9-13-8-12-7-11-5-4-6-26-18(11)21(30)16(12)20(29)17(13)24(33)25(14,34)23(15)32/h7,13-14,19,26,30-31,33-34H,4-6,8-9H2,1-3H3/t13-,14-,19-,25+/m0/s1. The zero-order chi connectivity index (χ0) is 24.7. The summed E-state index contributed by atoms with van der Waals surface area (Å²) in [6.45, 7) is 1.77. The number of phenols is 1. The molecular weight excluding hydrogens is 440 g/mol. The highest BCUT2D eigenvalue weighted by Gasteiger charge is 2.63. The summed E-state index contributed by atoms with van der Waals surface area (Å²) in [5, 5.41) is 47.8. The molecule has 5 N–H and O–H groups in total. The van der Waals surface area contributed by atoms with Crippen LogP contribution in [0.1, 0.15) is 41.3 Å². The quantitative estimate of drug-likeness (QED) is 0.322. The van der Waals surface area contributed by atoms with Crippen molar-refractivity contribution in [1.29, 1.82) is 0 Å². The number of carbonyl (C=O) groups excluding carboxylic acids is 3. The number of ketones is 3. The van der Waals surface area contributed by atoms with Gasteiger partial charge in [0.15, 0.2) is 17.2 Å². The van der Waals surface area contributed by atoms with Crippen LogP contribution >= 0.6 is 0 Å². The number of phenolic OH excluding ortho intramolecular Hbond substituents is 1. The number of aryl methyl sites for hydroxylation is 1. The highest BCUT2D eigenvalue weighted by atomic mass is 16.3. The molecule has 4 atom stereocenters. The van der Waals surface area contributed by atoms with Crippen molar-refractivity contribution in [2.75, 3.05) is 26.0 Å². The van der Waals surface area contributed by atoms with Crippen molar-refractivity contribution in [2.45, 2.75) is 44.2 Å². The molecule has 0 unspecified atom stereocenters. The van der Waals surface area contributed by atoms with Crippen LogP contribution < -0.4 is 5.32 Å². The van der Waals surface area contributed by atoms with Crippen LogP contribution in [0.15, 0.2) is 28.7 Å². The second kappa shape index (κ2) is 7.41. The van der Waals surface area contributed by atoms with E-state index in [1.807, 2.05) is 6.07 Å². The van der Waals surface area contributed by atoms with Crippen molar-refractivity contribution in [3.63, 3.8) is 0 Å². The third-order valence-corrected chi connectivity index (χ3v) is 7.83. The number of hydrogen-bond donors (Lipinski definition) is 5. The second-order valence-corrected chi connectivity index (χ2v) is 9.98. The van der Waals surface area contributed by atoms with Gasteiger partial charge in [0.25, 0.3) is 0 Å². The minimum absolute atomic E-state index is 0.0607. The lowest BCUT2D eigenvalue weighted by Crippen LogP contribution is -2.63. The second-order valence-electron chi connectivity index (χ2n) is 9.98. The minimum atomic E-state index is -2.54. The van der Waals surface area contributed by atoms with Gasteiger partial charge in [-0.2, -0.15) is 0 Å². The van der Waals surface area contributed by atoms with Gasteiger partial charge in [-0.1, -0.05) is 6.07 Å². The number of aliphatic hydroxyl groups excluding tert-OH is 2. The lowest BCUT2D eigenvalue weighted by Gasteiger charge is -2.50. The molecular formula is C25H28N2O7. The van der Waals surface area contributed by atoms with Crippen molar-refractivity contribution in [3.05, 3.63) is 45.4 Å². The van der Waals surface area contributed by atoms with Crippen molar-refractivity contribution in [3.8, 4) is 5.75 Å². The van der Waals surface area contributed by atoms with E-state index in [1.54, 1.807) is 19.0 Å². The first-order chi connectivity index (χ1) is 16.0. The Labute approximate surface area is 196 Å². The number of allylic oxidation sites excluding steroid dienone is 1. The van der Waals surface area contributed by atoms with E-state index >= 15 is 0 Å². The summed E-state index contributed by atoms with van der Waals surface area (Å²) in [7, 11) is 3.29. The van der Waals surface area contributed by atoms with Crippen LogP contribution in [0.5, 0.6) is 5.75 Å². The number of carbonyl (C=O) groups is 3. The fourth-order valence-corrected chi connectivity index (χ4v) is 6.36. The molecule has 1 aliphatic heterocycles. The summed E-state index contributed by atoms with van der Waals surface area (Å²) >= 11 is 0. The largest absolute Gasteiger partial charge is 0.510 e. The van der Waals surface area contributed by atoms with Crippen LogP contribution in [-0.4, -0.2) is 75.0 Å². The minimum Gasteiger partial charge on any atom is -0.510 e. The number of aromatic hydroxyl groups is 1. The van der Waals surface area contributed by atoms with Gasteiger partial charge in [-0.15, -0.1) is 0 Å². The maximum absolute atomic E-state index is 13.6. The average molecular weight is 469 g/mol. The maximum atomic E-state index is 13.6. The molecule has 1 aromatic rings. The van der Waals surface area contributed by atoms with Crippen molar-refractivity contribution >= 4 is 23.0 Å². The van der Waals surface area contributed by atoms with Gasteiger partial charge in [0, 0.05) is 18.0 Å². The highest BCUT2D eigenvalue weighted by molar-refractivity contribution is 6.25. The van der Waals surface area contributed by atoms with Gasteiger partial charge in [-0.3, -0.25) is 19.3 Å². The fraction of sp³-hybridized carbons (Fsp3) is 0.480. The lowest BCUT2D eigenvalue weighted by atomic mass is 9.58. The number of fused-ring (bicyclic) bond motifs is 4. The van der Waals surface area contributed by atoms with E-state index < -0.39 is 57.9 Å². The maximum Gasteiger partial charge on any atom is 0.209 e. The van der Waals surface area contributed by atoms with E-state index in [4.69, 9.17) is 0 Å². The predicted octanol–water partition coefficient (Wildman–Crippen LogP) is 1.58. The summed E-state index contributed by atoms with van der Waals surface area (Å²) in [6, 6.07) is 0.993. The lowest BCUT2D eigenvalue weighted by molar-refractivity contribution is -0.148. The summed E-state index contributed by atoms with van der Waals surface area (Å²) in [5.74, 6) is -5.41. The van der Waals surface area contributed by atoms with Gasteiger partial charge < -0.3 is 25.7 Å².